The average molecular weight is 234 g/mol. The zero-order valence-corrected chi connectivity index (χ0v) is 10.7. The molecule has 1 aliphatic rings. The fourth-order valence-corrected chi connectivity index (χ4v) is 3.16. The smallest absolute Gasteiger partial charge is 0.103 e. The Balaban J connectivity index is 1.94. The predicted octanol–water partition coefficient (Wildman–Crippen LogP) is 3.40. The third-order valence-electron chi connectivity index (χ3n) is 2.69. The first-order valence-corrected chi connectivity index (χ1v) is 6.60. The lowest BCUT2D eigenvalue weighted by Crippen LogP contribution is -2.31. The summed E-state index contributed by atoms with van der Waals surface area (Å²) >= 11 is 1.87. The van der Waals surface area contributed by atoms with Gasteiger partial charge >= 0.3 is 0 Å². The van der Waals surface area contributed by atoms with Gasteiger partial charge in [-0.1, -0.05) is 55.4 Å². The van der Waals surface area contributed by atoms with Crippen LogP contribution in [-0.4, -0.2) is 9.91 Å². The number of nitrogens with one attached hydrogen (secondary N) is 1. The molecule has 2 nitrogen and oxygen atoms in total. The van der Waals surface area contributed by atoms with E-state index in [0.29, 0.717) is 0 Å². The van der Waals surface area contributed by atoms with Crippen molar-refractivity contribution >= 4 is 16.8 Å². The highest BCUT2D eigenvalue weighted by Crippen LogP contribution is 2.33. The van der Waals surface area contributed by atoms with Crippen LogP contribution in [0.15, 0.2) is 35.4 Å². The molecule has 1 aliphatic heterocycles. The monoisotopic (exact) mass is 234 g/mol. The Labute approximate surface area is 102 Å². The van der Waals surface area contributed by atoms with Crippen LogP contribution in [-0.2, 0) is 6.42 Å². The van der Waals surface area contributed by atoms with Crippen LogP contribution in [0.3, 0.4) is 0 Å². The van der Waals surface area contributed by atoms with E-state index in [-0.39, 0.29) is 4.87 Å². The summed E-state index contributed by atoms with van der Waals surface area (Å²) in [6.45, 7) is 4.44. The second-order valence-electron chi connectivity index (χ2n) is 4.36. The van der Waals surface area contributed by atoms with E-state index >= 15 is 0 Å². The lowest BCUT2D eigenvalue weighted by Gasteiger charge is -2.21. The van der Waals surface area contributed by atoms with Gasteiger partial charge in [0.25, 0.3) is 0 Å². The van der Waals surface area contributed by atoms with E-state index in [1.165, 1.54) is 17.0 Å². The van der Waals surface area contributed by atoms with Crippen LogP contribution in [0.2, 0.25) is 0 Å². The molecule has 0 fully saturated rings. The van der Waals surface area contributed by atoms with Crippen molar-refractivity contribution in [1.29, 1.82) is 0 Å². The van der Waals surface area contributed by atoms with E-state index in [0.717, 1.165) is 12.8 Å². The van der Waals surface area contributed by atoms with Gasteiger partial charge in [-0.05, 0) is 18.9 Å². The van der Waals surface area contributed by atoms with Crippen molar-refractivity contribution in [1.82, 2.24) is 5.43 Å². The van der Waals surface area contributed by atoms with Gasteiger partial charge in [-0.3, -0.25) is 5.43 Å². The number of hydrogen-bond donors (Lipinski definition) is 1. The number of hydrogen-bond acceptors (Lipinski definition) is 3. The Morgan fingerprint density at radius 1 is 1.31 bits per heavy atom. The zero-order valence-electron chi connectivity index (χ0n) is 9.86. The minimum Gasteiger partial charge on any atom is -0.293 e. The number of rotatable bonds is 4. The predicted molar refractivity (Wildman–Crippen MR) is 71.6 cm³/mol. The molecule has 0 saturated heterocycles. The topological polar surface area (TPSA) is 24.4 Å². The van der Waals surface area contributed by atoms with Gasteiger partial charge in [0.1, 0.15) is 4.87 Å². The number of thioether (sulfide) groups is 1. The maximum absolute atomic E-state index is 4.43. The molecule has 0 aliphatic carbocycles. The summed E-state index contributed by atoms with van der Waals surface area (Å²) in [4.78, 5) is 0.110. The fraction of sp³-hybridized carbons (Fsp3) is 0.462. The summed E-state index contributed by atoms with van der Waals surface area (Å²) in [7, 11) is 0. The molecule has 0 spiro atoms. The fourth-order valence-electron chi connectivity index (χ4n) is 1.92. The van der Waals surface area contributed by atoms with Crippen LogP contribution in [0.5, 0.6) is 0 Å². The third-order valence-corrected chi connectivity index (χ3v) is 3.90. The van der Waals surface area contributed by atoms with Crippen molar-refractivity contribution < 1.29 is 0 Å². The van der Waals surface area contributed by atoms with Crippen molar-refractivity contribution in [2.45, 2.75) is 38.0 Å². The van der Waals surface area contributed by atoms with Crippen molar-refractivity contribution in [2.24, 2.45) is 5.10 Å². The van der Waals surface area contributed by atoms with E-state index in [9.17, 15) is 0 Å². The van der Waals surface area contributed by atoms with Gasteiger partial charge in [-0.2, -0.15) is 5.10 Å². The van der Waals surface area contributed by atoms with Crippen molar-refractivity contribution in [2.75, 3.05) is 0 Å². The minimum absolute atomic E-state index is 0.110. The Kier molecular flexibility index (Phi) is 3.54. The molecule has 0 radical (unpaired) electrons. The lowest BCUT2D eigenvalue weighted by molar-refractivity contribution is 0.491. The highest BCUT2D eigenvalue weighted by molar-refractivity contribution is 8.15. The Bertz CT molecular complexity index is 375. The van der Waals surface area contributed by atoms with Gasteiger partial charge in [0.15, 0.2) is 0 Å². The molecule has 3 heteroatoms. The van der Waals surface area contributed by atoms with Crippen LogP contribution in [0, 0.1) is 0 Å². The summed E-state index contributed by atoms with van der Waals surface area (Å²) < 4.78 is 0. The first kappa shape index (κ1) is 11.5. The molecule has 1 N–H and O–H groups in total. The summed E-state index contributed by atoms with van der Waals surface area (Å²) in [6.07, 6.45) is 3.28. The third kappa shape index (κ3) is 2.79. The standard InChI is InChI=1S/C13H18N2S/c1-3-9-13(2)15-14-12(16-13)10-11-7-5-4-6-8-11/h4-8,15H,3,9-10H2,1-2H3/t13-/m0/s1. The molecule has 86 valence electrons. The zero-order chi connectivity index (χ0) is 11.4. The summed E-state index contributed by atoms with van der Waals surface area (Å²) in [6, 6.07) is 10.5. The first-order chi connectivity index (χ1) is 7.72. The number of nitrogens with zero attached hydrogens (tertiary/aromatic N) is 1. The van der Waals surface area contributed by atoms with E-state index in [1.54, 1.807) is 0 Å². The van der Waals surface area contributed by atoms with Crippen molar-refractivity contribution in [3.05, 3.63) is 35.9 Å². The average Bonchev–Trinajstić information content (AvgIpc) is 2.62. The van der Waals surface area contributed by atoms with E-state index in [1.807, 2.05) is 17.8 Å². The van der Waals surface area contributed by atoms with Crippen LogP contribution >= 0.6 is 11.8 Å². The molecule has 0 bridgehead atoms. The minimum atomic E-state index is 0.110. The normalized spacial score (nSPS) is 24.0. The first-order valence-electron chi connectivity index (χ1n) is 5.78. The van der Waals surface area contributed by atoms with Crippen LogP contribution in [0.1, 0.15) is 32.3 Å². The Morgan fingerprint density at radius 3 is 2.75 bits per heavy atom. The van der Waals surface area contributed by atoms with Gasteiger partial charge in [-0.25, -0.2) is 0 Å². The molecule has 0 unspecified atom stereocenters. The lowest BCUT2D eigenvalue weighted by atomic mass is 10.2. The second-order valence-corrected chi connectivity index (χ2v) is 5.94. The molecular formula is C13H18N2S. The molecule has 0 aromatic heterocycles. The van der Waals surface area contributed by atoms with E-state index in [2.05, 4.69) is 48.6 Å². The number of hydrazone groups is 1. The molecule has 1 heterocycles. The van der Waals surface area contributed by atoms with Gasteiger partial charge in [0.2, 0.25) is 0 Å². The molecule has 0 saturated carbocycles. The van der Waals surface area contributed by atoms with Crippen molar-refractivity contribution in [3.8, 4) is 0 Å². The molecule has 1 aromatic rings. The molecule has 1 atom stereocenters. The Morgan fingerprint density at radius 2 is 2.06 bits per heavy atom. The van der Waals surface area contributed by atoms with Crippen LogP contribution < -0.4 is 5.43 Å². The largest absolute Gasteiger partial charge is 0.293 e. The summed E-state index contributed by atoms with van der Waals surface area (Å²) in [5.74, 6) is 0. The Hall–Kier alpha value is -0.960. The van der Waals surface area contributed by atoms with Gasteiger partial charge in [-0.15, -0.1) is 0 Å². The highest BCUT2D eigenvalue weighted by atomic mass is 32.2. The number of benzene rings is 1. The van der Waals surface area contributed by atoms with Crippen LogP contribution in [0.4, 0.5) is 0 Å². The van der Waals surface area contributed by atoms with E-state index in [4.69, 9.17) is 0 Å². The second kappa shape index (κ2) is 4.91. The quantitative estimate of drug-likeness (QED) is 0.863. The molecule has 0 amide bonds. The van der Waals surface area contributed by atoms with Crippen LogP contribution in [0.25, 0.3) is 0 Å². The molecule has 2 rings (SSSR count). The summed E-state index contributed by atoms with van der Waals surface area (Å²) in [5.41, 5.74) is 4.59. The van der Waals surface area contributed by atoms with Crippen molar-refractivity contribution in [3.63, 3.8) is 0 Å². The van der Waals surface area contributed by atoms with E-state index < -0.39 is 0 Å². The van der Waals surface area contributed by atoms with Gasteiger partial charge < -0.3 is 0 Å². The van der Waals surface area contributed by atoms with Gasteiger partial charge in [0, 0.05) is 6.42 Å². The maximum atomic E-state index is 4.43. The SMILES string of the molecule is CCC[C@@]1(C)NN=C(Cc2ccccc2)S1. The van der Waals surface area contributed by atoms with Gasteiger partial charge in [0.05, 0.1) is 5.04 Å². The molecule has 1 aromatic carbocycles. The molecular weight excluding hydrogens is 216 g/mol. The maximum Gasteiger partial charge on any atom is 0.103 e. The molecule has 16 heavy (non-hydrogen) atoms. The highest BCUT2D eigenvalue weighted by Gasteiger charge is 2.30. The summed E-state index contributed by atoms with van der Waals surface area (Å²) in [5, 5.41) is 5.63.